The summed E-state index contributed by atoms with van der Waals surface area (Å²) in [6.07, 6.45) is 3.18. The van der Waals surface area contributed by atoms with Gasteiger partial charge in [0, 0.05) is 13.1 Å². The lowest BCUT2D eigenvalue weighted by Gasteiger charge is -2.40. The minimum absolute atomic E-state index is 0.108. The Morgan fingerprint density at radius 1 is 0.731 bits per heavy atom. The van der Waals surface area contributed by atoms with Crippen molar-refractivity contribution in [1.82, 2.24) is 9.80 Å². The van der Waals surface area contributed by atoms with Gasteiger partial charge in [-0.15, -0.1) is 0 Å². The standard InChI is InChI=1S/C21H38N2O3/c1-19(2,3)11-9-13-22-16(24)15-17(25)23(18(22)26)14-10-12-21(7,8)20(4,5)6/h9-15H2,1-8H3. The molecule has 1 heterocycles. The average Bonchev–Trinajstić information content (AvgIpc) is 2.43. The Bertz CT molecular complexity index is 538. The van der Waals surface area contributed by atoms with E-state index in [1.165, 1.54) is 9.80 Å². The van der Waals surface area contributed by atoms with Crippen molar-refractivity contribution in [3.05, 3.63) is 0 Å². The Balaban J connectivity index is 2.66. The van der Waals surface area contributed by atoms with Crippen LogP contribution in [0.15, 0.2) is 0 Å². The fourth-order valence-electron chi connectivity index (χ4n) is 2.94. The first kappa shape index (κ1) is 22.7. The van der Waals surface area contributed by atoms with E-state index in [1.54, 1.807) is 0 Å². The number of amides is 4. The molecular formula is C21H38N2O3. The summed E-state index contributed by atoms with van der Waals surface area (Å²) >= 11 is 0. The van der Waals surface area contributed by atoms with Crippen molar-refractivity contribution < 1.29 is 14.4 Å². The Hall–Kier alpha value is -1.39. The fraction of sp³-hybridized carbons (Fsp3) is 0.857. The molecule has 0 N–H and O–H groups in total. The van der Waals surface area contributed by atoms with Crippen molar-refractivity contribution >= 4 is 17.8 Å². The van der Waals surface area contributed by atoms with E-state index in [0.29, 0.717) is 13.1 Å². The second kappa shape index (κ2) is 8.10. The third kappa shape index (κ3) is 6.10. The number of barbiturate groups is 1. The fourth-order valence-corrected chi connectivity index (χ4v) is 2.94. The van der Waals surface area contributed by atoms with Crippen LogP contribution in [0.25, 0.3) is 0 Å². The van der Waals surface area contributed by atoms with Crippen molar-refractivity contribution in [2.24, 2.45) is 16.2 Å². The molecule has 1 aliphatic heterocycles. The smallest absolute Gasteiger partial charge is 0.274 e. The largest absolute Gasteiger partial charge is 0.333 e. The monoisotopic (exact) mass is 366 g/mol. The SMILES string of the molecule is CC(C)(C)CCCN1C(=O)CC(=O)N(CCCC(C)(C)C(C)(C)C)C1=O. The molecule has 0 aliphatic carbocycles. The van der Waals surface area contributed by atoms with Crippen LogP contribution < -0.4 is 0 Å². The number of hydrogen-bond acceptors (Lipinski definition) is 3. The maximum atomic E-state index is 12.7. The van der Waals surface area contributed by atoms with Gasteiger partial charge in [0.25, 0.3) is 0 Å². The number of rotatable bonds is 7. The molecule has 0 aromatic heterocycles. The van der Waals surface area contributed by atoms with Crippen molar-refractivity contribution in [1.29, 1.82) is 0 Å². The summed E-state index contributed by atoms with van der Waals surface area (Å²) < 4.78 is 0. The van der Waals surface area contributed by atoms with Crippen molar-refractivity contribution in [3.8, 4) is 0 Å². The molecule has 0 aromatic rings. The summed E-state index contributed by atoms with van der Waals surface area (Å²) in [6.45, 7) is 18.3. The highest BCUT2D eigenvalue weighted by molar-refractivity contribution is 6.14. The molecule has 5 nitrogen and oxygen atoms in total. The Morgan fingerprint density at radius 2 is 1.15 bits per heavy atom. The second-order valence-electron chi connectivity index (χ2n) is 10.5. The molecule has 0 aromatic carbocycles. The minimum Gasteiger partial charge on any atom is -0.274 e. The molecule has 5 heteroatoms. The van der Waals surface area contributed by atoms with Crippen LogP contribution in [0.4, 0.5) is 4.79 Å². The van der Waals surface area contributed by atoms with Crippen LogP contribution in [0.2, 0.25) is 0 Å². The molecule has 1 fully saturated rings. The second-order valence-corrected chi connectivity index (χ2v) is 10.5. The van der Waals surface area contributed by atoms with E-state index in [2.05, 4.69) is 55.4 Å². The molecule has 1 rings (SSSR count). The molecule has 1 saturated heterocycles. The van der Waals surface area contributed by atoms with E-state index in [0.717, 1.165) is 25.7 Å². The molecule has 4 amide bonds. The van der Waals surface area contributed by atoms with Gasteiger partial charge >= 0.3 is 6.03 Å². The number of carbonyl (C=O) groups excluding carboxylic acids is 3. The van der Waals surface area contributed by atoms with E-state index < -0.39 is 6.03 Å². The molecule has 0 spiro atoms. The number of urea groups is 1. The van der Waals surface area contributed by atoms with Crippen molar-refractivity contribution in [2.75, 3.05) is 13.1 Å². The number of hydrogen-bond donors (Lipinski definition) is 0. The van der Waals surface area contributed by atoms with Gasteiger partial charge in [-0.25, -0.2) is 4.79 Å². The van der Waals surface area contributed by atoms with Crippen molar-refractivity contribution in [2.45, 2.75) is 87.5 Å². The van der Waals surface area contributed by atoms with E-state index in [4.69, 9.17) is 0 Å². The maximum absolute atomic E-state index is 12.7. The molecule has 150 valence electrons. The van der Waals surface area contributed by atoms with Gasteiger partial charge in [0.15, 0.2) is 0 Å². The van der Waals surface area contributed by atoms with Crippen LogP contribution in [0.3, 0.4) is 0 Å². The van der Waals surface area contributed by atoms with Gasteiger partial charge in [-0.05, 0) is 41.9 Å². The van der Waals surface area contributed by atoms with Crippen LogP contribution in [0.5, 0.6) is 0 Å². The molecule has 0 radical (unpaired) electrons. The third-order valence-electron chi connectivity index (χ3n) is 5.89. The lowest BCUT2D eigenvalue weighted by atomic mass is 9.67. The highest BCUT2D eigenvalue weighted by Gasteiger charge is 2.38. The molecule has 0 saturated carbocycles. The summed E-state index contributed by atoms with van der Waals surface area (Å²) in [7, 11) is 0. The highest BCUT2D eigenvalue weighted by Crippen LogP contribution is 2.41. The van der Waals surface area contributed by atoms with E-state index in [9.17, 15) is 14.4 Å². The quantitative estimate of drug-likeness (QED) is 0.605. The van der Waals surface area contributed by atoms with Crippen LogP contribution in [-0.2, 0) is 9.59 Å². The Morgan fingerprint density at radius 3 is 1.54 bits per heavy atom. The van der Waals surface area contributed by atoms with E-state index in [1.807, 2.05) is 0 Å². The predicted octanol–water partition coefficient (Wildman–Crippen LogP) is 4.85. The Labute approximate surface area is 159 Å². The zero-order valence-corrected chi connectivity index (χ0v) is 18.1. The van der Waals surface area contributed by atoms with Crippen LogP contribution in [0.1, 0.15) is 87.5 Å². The molecular weight excluding hydrogens is 328 g/mol. The summed E-state index contributed by atoms with van der Waals surface area (Å²) in [6, 6.07) is -0.436. The van der Waals surface area contributed by atoms with Gasteiger partial charge in [-0.2, -0.15) is 0 Å². The minimum atomic E-state index is -0.436. The maximum Gasteiger partial charge on any atom is 0.333 e. The van der Waals surface area contributed by atoms with E-state index in [-0.39, 0.29) is 34.5 Å². The molecule has 0 atom stereocenters. The summed E-state index contributed by atoms with van der Waals surface area (Å²) in [4.78, 5) is 39.5. The van der Waals surface area contributed by atoms with Crippen LogP contribution in [-0.4, -0.2) is 40.7 Å². The first-order valence-corrected chi connectivity index (χ1v) is 9.80. The number of nitrogens with zero attached hydrogens (tertiary/aromatic N) is 2. The lowest BCUT2D eigenvalue weighted by molar-refractivity contribution is -0.142. The molecule has 0 unspecified atom stereocenters. The first-order valence-electron chi connectivity index (χ1n) is 9.80. The number of imide groups is 2. The molecule has 1 aliphatic rings. The predicted molar refractivity (Wildman–Crippen MR) is 105 cm³/mol. The normalized spacial score (nSPS) is 17.3. The van der Waals surface area contributed by atoms with Crippen LogP contribution >= 0.6 is 0 Å². The highest BCUT2D eigenvalue weighted by atomic mass is 16.2. The topological polar surface area (TPSA) is 57.7 Å². The average molecular weight is 367 g/mol. The summed E-state index contributed by atoms with van der Waals surface area (Å²) in [5.41, 5.74) is 0.422. The van der Waals surface area contributed by atoms with E-state index >= 15 is 0 Å². The van der Waals surface area contributed by atoms with Gasteiger partial charge < -0.3 is 0 Å². The lowest BCUT2D eigenvalue weighted by Crippen LogP contribution is -2.55. The van der Waals surface area contributed by atoms with Crippen molar-refractivity contribution in [3.63, 3.8) is 0 Å². The summed E-state index contributed by atoms with van der Waals surface area (Å²) in [5, 5.41) is 0. The summed E-state index contributed by atoms with van der Waals surface area (Å²) in [5.74, 6) is -0.721. The zero-order chi connectivity index (χ0) is 20.3. The van der Waals surface area contributed by atoms with Gasteiger partial charge in [0.1, 0.15) is 6.42 Å². The third-order valence-corrected chi connectivity index (χ3v) is 5.89. The Kier molecular flexibility index (Phi) is 7.05. The zero-order valence-electron chi connectivity index (χ0n) is 18.1. The van der Waals surface area contributed by atoms with Gasteiger partial charge in [0.2, 0.25) is 11.8 Å². The first-order chi connectivity index (χ1) is 11.7. The molecule has 0 bridgehead atoms. The van der Waals surface area contributed by atoms with Gasteiger partial charge in [-0.1, -0.05) is 55.4 Å². The van der Waals surface area contributed by atoms with Crippen LogP contribution in [0, 0.1) is 16.2 Å². The number of carbonyl (C=O) groups is 3. The van der Waals surface area contributed by atoms with Gasteiger partial charge in [-0.3, -0.25) is 19.4 Å². The molecule has 26 heavy (non-hydrogen) atoms. The van der Waals surface area contributed by atoms with Gasteiger partial charge in [0.05, 0.1) is 0 Å².